The molecule has 1 rings (SSSR count). The quantitative estimate of drug-likeness (QED) is 0.129. The van der Waals surface area contributed by atoms with Crippen LogP contribution in [0.2, 0.25) is 0 Å². The molecule has 1 aromatic carbocycles. The van der Waals surface area contributed by atoms with Crippen LogP contribution in [0.25, 0.3) is 0 Å². The Morgan fingerprint density at radius 2 is 1.47 bits per heavy atom. The van der Waals surface area contributed by atoms with Crippen LogP contribution in [0, 0.1) is 5.92 Å². The highest BCUT2D eigenvalue weighted by Gasteiger charge is 2.34. The van der Waals surface area contributed by atoms with Crippen LogP contribution >= 0.6 is 7.37 Å². The largest absolute Gasteiger partial charge is 0.480 e. The number of esters is 2. The first-order valence-electron chi connectivity index (χ1n) is 13.6. The van der Waals surface area contributed by atoms with Crippen LogP contribution in [0.4, 0.5) is 9.59 Å². The maximum Gasteiger partial charge on any atom is 0.408 e. The minimum Gasteiger partial charge on any atom is -0.480 e. The lowest BCUT2D eigenvalue weighted by molar-refractivity contribution is -0.145. The SMILES string of the molecule is COC(=O)C(CCC[C@@H](NC(=O)OC(C)(C)C)C(=O)OC)CP(=O)(CC[C@@H](NC(=O)OCc1ccccc1)C(=O)O)OC. The van der Waals surface area contributed by atoms with Gasteiger partial charge in [-0.1, -0.05) is 30.3 Å². The molecule has 0 aliphatic rings. The molecule has 0 radical (unpaired) electrons. The second-order valence-corrected chi connectivity index (χ2v) is 13.5. The molecule has 15 heteroatoms. The van der Waals surface area contributed by atoms with Crippen LogP contribution in [0.1, 0.15) is 52.0 Å². The third kappa shape index (κ3) is 14.9. The Labute approximate surface area is 251 Å². The molecule has 0 saturated heterocycles. The lowest BCUT2D eigenvalue weighted by atomic mass is 10.0. The lowest BCUT2D eigenvalue weighted by Gasteiger charge is -2.24. The van der Waals surface area contributed by atoms with Crippen molar-refractivity contribution in [1.29, 1.82) is 0 Å². The molecule has 0 spiro atoms. The van der Waals surface area contributed by atoms with E-state index in [9.17, 15) is 33.6 Å². The molecule has 0 bridgehead atoms. The van der Waals surface area contributed by atoms with Crippen molar-refractivity contribution in [3.8, 4) is 0 Å². The van der Waals surface area contributed by atoms with E-state index in [1.165, 1.54) is 21.3 Å². The van der Waals surface area contributed by atoms with E-state index < -0.39 is 61.1 Å². The molecule has 4 atom stereocenters. The topological polar surface area (TPSA) is 193 Å². The highest BCUT2D eigenvalue weighted by Crippen LogP contribution is 2.49. The number of methoxy groups -OCH3 is 2. The summed E-state index contributed by atoms with van der Waals surface area (Å²) in [6.07, 6.45) is -2.19. The smallest absolute Gasteiger partial charge is 0.408 e. The van der Waals surface area contributed by atoms with Crippen molar-refractivity contribution in [2.45, 2.75) is 70.7 Å². The summed E-state index contributed by atoms with van der Waals surface area (Å²) >= 11 is 0. The van der Waals surface area contributed by atoms with Gasteiger partial charge in [-0.2, -0.15) is 0 Å². The van der Waals surface area contributed by atoms with Crippen molar-refractivity contribution in [2.75, 3.05) is 33.7 Å². The molecule has 0 saturated carbocycles. The van der Waals surface area contributed by atoms with Crippen molar-refractivity contribution in [2.24, 2.45) is 5.92 Å². The predicted molar refractivity (Wildman–Crippen MR) is 155 cm³/mol. The number of amides is 2. The molecule has 242 valence electrons. The molecule has 3 N–H and O–H groups in total. The van der Waals surface area contributed by atoms with Crippen molar-refractivity contribution < 1.29 is 57.1 Å². The third-order valence-electron chi connectivity index (χ3n) is 6.15. The summed E-state index contributed by atoms with van der Waals surface area (Å²) in [6, 6.07) is 6.31. The van der Waals surface area contributed by atoms with E-state index in [0.717, 1.165) is 0 Å². The number of benzene rings is 1. The molecular weight excluding hydrogens is 587 g/mol. The summed E-state index contributed by atoms with van der Waals surface area (Å²) in [5, 5.41) is 14.3. The summed E-state index contributed by atoms with van der Waals surface area (Å²) in [5.74, 6) is -3.68. The summed E-state index contributed by atoms with van der Waals surface area (Å²) < 4.78 is 38.7. The van der Waals surface area contributed by atoms with Crippen LogP contribution < -0.4 is 10.6 Å². The molecule has 43 heavy (non-hydrogen) atoms. The van der Waals surface area contributed by atoms with Crippen LogP contribution in [-0.4, -0.2) is 86.5 Å². The second kappa shape index (κ2) is 18.1. The standard InChI is InChI=1S/C28H43N2O12P/c1-28(2,3)42-27(36)30-22(25(34)39-5)14-10-13-20(24(33)38-4)18-43(37,40-6)16-15-21(23(31)32)29-26(35)41-17-19-11-8-7-9-12-19/h7-9,11-12,20-22H,10,13-18H2,1-6H3,(H,29,35)(H,30,36)(H,31,32)/t20?,21-,22-,43?/m1/s1. The van der Waals surface area contributed by atoms with E-state index in [2.05, 4.69) is 10.6 Å². The van der Waals surface area contributed by atoms with Gasteiger partial charge in [-0.3, -0.25) is 9.36 Å². The lowest BCUT2D eigenvalue weighted by Crippen LogP contribution is -2.44. The Morgan fingerprint density at radius 1 is 0.860 bits per heavy atom. The second-order valence-electron chi connectivity index (χ2n) is 10.7. The molecule has 0 fully saturated rings. The highest BCUT2D eigenvalue weighted by atomic mass is 31.2. The number of carboxylic acid groups (broad SMARTS) is 1. The number of hydrogen-bond donors (Lipinski definition) is 3. The van der Waals surface area contributed by atoms with Crippen molar-refractivity contribution in [3.05, 3.63) is 35.9 Å². The van der Waals surface area contributed by atoms with E-state index in [1.807, 2.05) is 0 Å². The molecule has 0 aromatic heterocycles. The first kappa shape index (κ1) is 37.4. The molecule has 0 aliphatic carbocycles. The number of ether oxygens (including phenoxy) is 4. The molecule has 2 amide bonds. The first-order valence-corrected chi connectivity index (χ1v) is 15.6. The number of carbonyl (C=O) groups is 5. The fourth-order valence-corrected chi connectivity index (χ4v) is 6.11. The minimum absolute atomic E-state index is 0.0689. The molecule has 2 unspecified atom stereocenters. The average Bonchev–Trinajstić information content (AvgIpc) is 2.95. The van der Waals surface area contributed by atoms with E-state index in [4.69, 9.17) is 23.5 Å². The molecule has 0 heterocycles. The van der Waals surface area contributed by atoms with Crippen LogP contribution in [0.5, 0.6) is 0 Å². The maximum absolute atomic E-state index is 13.6. The van der Waals surface area contributed by atoms with Crippen molar-refractivity contribution >= 4 is 37.5 Å². The van der Waals surface area contributed by atoms with Gasteiger partial charge in [0.2, 0.25) is 7.37 Å². The molecule has 0 aliphatic heterocycles. The Hall–Kier alpha value is -3.64. The number of nitrogens with one attached hydrogen (secondary N) is 2. The highest BCUT2D eigenvalue weighted by molar-refractivity contribution is 7.59. The number of hydrogen-bond acceptors (Lipinski definition) is 11. The Balaban J connectivity index is 2.81. The zero-order valence-electron chi connectivity index (χ0n) is 25.5. The number of carboxylic acids is 1. The maximum atomic E-state index is 13.6. The normalized spacial score (nSPS) is 14.7. The van der Waals surface area contributed by atoms with Crippen LogP contribution in [-0.2, 0) is 49.0 Å². The van der Waals surface area contributed by atoms with Gasteiger partial charge in [-0.15, -0.1) is 0 Å². The number of carbonyl (C=O) groups excluding carboxylic acids is 4. The Bertz CT molecular complexity index is 1120. The fraction of sp³-hybridized carbons (Fsp3) is 0.607. The van der Waals surface area contributed by atoms with Crippen molar-refractivity contribution in [3.63, 3.8) is 0 Å². The monoisotopic (exact) mass is 630 g/mol. The molecule has 14 nitrogen and oxygen atoms in total. The van der Waals surface area contributed by atoms with Gasteiger partial charge in [0.05, 0.1) is 20.1 Å². The summed E-state index contributed by atoms with van der Waals surface area (Å²) in [7, 11) is -0.0776. The number of rotatable bonds is 17. The van der Waals surface area contributed by atoms with Crippen molar-refractivity contribution in [1.82, 2.24) is 10.6 Å². The molecular formula is C28H43N2O12P. The Kier molecular flexibility index (Phi) is 15.8. The zero-order chi connectivity index (χ0) is 32.6. The number of aliphatic carboxylic acids is 1. The van der Waals surface area contributed by atoms with Gasteiger partial charge in [0.25, 0.3) is 0 Å². The van der Waals surface area contributed by atoms with E-state index in [0.29, 0.717) is 5.56 Å². The zero-order valence-corrected chi connectivity index (χ0v) is 26.3. The fourth-order valence-electron chi connectivity index (χ4n) is 3.94. The van der Waals surface area contributed by atoms with Gasteiger partial charge in [0, 0.05) is 19.4 Å². The number of alkyl carbamates (subject to hydrolysis) is 2. The summed E-state index contributed by atoms with van der Waals surface area (Å²) in [6.45, 7) is 4.93. The van der Waals surface area contributed by atoms with Crippen LogP contribution in [0.3, 0.4) is 0 Å². The van der Waals surface area contributed by atoms with E-state index in [-0.39, 0.29) is 44.6 Å². The summed E-state index contributed by atoms with van der Waals surface area (Å²) in [5.41, 5.74) is -0.0829. The predicted octanol–water partition coefficient (Wildman–Crippen LogP) is 3.71. The first-order chi connectivity index (χ1) is 20.1. The third-order valence-corrected chi connectivity index (χ3v) is 8.75. The summed E-state index contributed by atoms with van der Waals surface area (Å²) in [4.78, 5) is 60.9. The van der Waals surface area contributed by atoms with Gasteiger partial charge in [-0.25, -0.2) is 19.2 Å². The van der Waals surface area contributed by atoms with Gasteiger partial charge in [0.1, 0.15) is 24.3 Å². The van der Waals surface area contributed by atoms with E-state index >= 15 is 0 Å². The Morgan fingerprint density at radius 3 is 2.00 bits per heavy atom. The van der Waals surface area contributed by atoms with Gasteiger partial charge in [-0.05, 0) is 52.0 Å². The van der Waals surface area contributed by atoms with Gasteiger partial charge in [0.15, 0.2) is 0 Å². The van der Waals surface area contributed by atoms with Crippen LogP contribution in [0.15, 0.2) is 30.3 Å². The van der Waals surface area contributed by atoms with E-state index in [1.54, 1.807) is 51.1 Å². The average molecular weight is 631 g/mol. The molecule has 1 aromatic rings. The van der Waals surface area contributed by atoms with Gasteiger partial charge >= 0.3 is 30.1 Å². The van der Waals surface area contributed by atoms with Gasteiger partial charge < -0.3 is 39.2 Å². The minimum atomic E-state index is -3.60.